The van der Waals surface area contributed by atoms with E-state index in [9.17, 15) is 19.8 Å². The molecule has 0 saturated carbocycles. The summed E-state index contributed by atoms with van der Waals surface area (Å²) >= 11 is 0. The molecule has 0 aliphatic heterocycles. The highest BCUT2D eigenvalue weighted by atomic mass is 16.4. The second-order valence-electron chi connectivity index (χ2n) is 11.9. The van der Waals surface area contributed by atoms with E-state index in [0.717, 1.165) is 0 Å². The molecule has 0 saturated heterocycles. The maximum Gasteiger partial charge on any atom is 0.213 e. The molecule has 250 valence electrons. The number of hydrogen-bond acceptors (Lipinski definition) is 6. The molecular weight excluding hydrogens is 649 g/mol. The number of para-hydroxylation sites is 4. The molecule has 0 amide bonds. The number of nitrogens with zero attached hydrogens (tertiary/aromatic N) is 4. The lowest BCUT2D eigenvalue weighted by Gasteiger charge is -2.14. The summed E-state index contributed by atoms with van der Waals surface area (Å²) < 4.78 is 4.61. The van der Waals surface area contributed by atoms with Gasteiger partial charge in [-0.3, -0.25) is 0 Å². The number of carboxylic acids is 2. The average molecular weight is 679 g/mol. The summed E-state index contributed by atoms with van der Waals surface area (Å²) in [6.07, 6.45) is 0. The van der Waals surface area contributed by atoms with Crippen molar-refractivity contribution in [3.63, 3.8) is 0 Å². The van der Waals surface area contributed by atoms with Crippen molar-refractivity contribution in [3.05, 3.63) is 168 Å². The summed E-state index contributed by atoms with van der Waals surface area (Å²) in [6.45, 7) is 0. The quantitative estimate of drug-likeness (QED) is 0.180. The minimum absolute atomic E-state index is 0.0870. The first-order valence-corrected chi connectivity index (χ1v) is 16.3. The number of pyridine rings is 2. The number of carbonyl (C=O) groups excluding carboxylic acids is 2. The van der Waals surface area contributed by atoms with E-state index in [4.69, 9.17) is 10.5 Å². The first-order valence-electron chi connectivity index (χ1n) is 16.3. The highest BCUT2D eigenvalue weighted by Crippen LogP contribution is 2.40. The fourth-order valence-corrected chi connectivity index (χ4v) is 6.36. The number of nitriles is 2. The molecule has 0 atom stereocenters. The van der Waals surface area contributed by atoms with E-state index in [0.29, 0.717) is 11.1 Å². The Morgan fingerprint density at radius 1 is 0.442 bits per heavy atom. The molecule has 2 heterocycles. The number of fused-ring (bicyclic) bond motifs is 4. The van der Waals surface area contributed by atoms with Gasteiger partial charge in [-0.1, -0.05) is 72.8 Å². The maximum atomic E-state index is 10.2. The van der Waals surface area contributed by atoms with Crippen LogP contribution in [0.3, 0.4) is 0 Å². The first kappa shape index (κ1) is 34.4. The predicted octanol–water partition coefficient (Wildman–Crippen LogP) is 5.46. The Morgan fingerprint density at radius 2 is 0.692 bits per heavy atom. The van der Waals surface area contributed by atoms with Crippen LogP contribution in [0.4, 0.5) is 0 Å². The third-order valence-electron chi connectivity index (χ3n) is 8.89. The lowest BCUT2D eigenvalue weighted by Crippen LogP contribution is -2.31. The van der Waals surface area contributed by atoms with Crippen LogP contribution < -0.4 is 19.3 Å². The molecule has 0 bridgehead atoms. The summed E-state index contributed by atoms with van der Waals surface area (Å²) in [4.78, 5) is 20.4. The van der Waals surface area contributed by atoms with Crippen LogP contribution in [0, 0.1) is 22.7 Å². The molecule has 0 radical (unpaired) electrons. The normalized spacial score (nSPS) is 10.4. The Hall–Kier alpha value is -7.42. The maximum absolute atomic E-state index is 10.2. The van der Waals surface area contributed by atoms with Crippen molar-refractivity contribution in [1.82, 2.24) is 0 Å². The lowest BCUT2D eigenvalue weighted by atomic mass is 9.90. The van der Waals surface area contributed by atoms with Gasteiger partial charge in [0, 0.05) is 35.4 Å². The van der Waals surface area contributed by atoms with Gasteiger partial charge in [-0.2, -0.15) is 19.7 Å². The Labute approximate surface area is 299 Å². The zero-order chi connectivity index (χ0) is 36.8. The lowest BCUT2D eigenvalue weighted by molar-refractivity contribution is -0.617. The Balaban J connectivity index is 0.000000173. The van der Waals surface area contributed by atoms with Crippen molar-refractivity contribution in [2.75, 3.05) is 0 Å². The predicted molar refractivity (Wildman–Crippen MR) is 195 cm³/mol. The second-order valence-corrected chi connectivity index (χ2v) is 11.9. The van der Waals surface area contributed by atoms with Gasteiger partial charge in [0.2, 0.25) is 22.1 Å². The van der Waals surface area contributed by atoms with Crippen molar-refractivity contribution in [2.24, 2.45) is 14.1 Å². The highest BCUT2D eigenvalue weighted by Gasteiger charge is 2.25. The van der Waals surface area contributed by atoms with E-state index in [1.165, 1.54) is 103 Å². The van der Waals surface area contributed by atoms with Crippen LogP contribution in [-0.2, 0) is 14.1 Å². The van der Waals surface area contributed by atoms with E-state index >= 15 is 0 Å². The average Bonchev–Trinajstić information content (AvgIpc) is 3.19. The van der Waals surface area contributed by atoms with E-state index in [1.807, 2.05) is 12.1 Å². The van der Waals surface area contributed by atoms with Gasteiger partial charge in [0.15, 0.2) is 0 Å². The van der Waals surface area contributed by atoms with Gasteiger partial charge >= 0.3 is 0 Å². The number of carboxylic acid groups (broad SMARTS) is 2. The number of benzene rings is 6. The standard InChI is InChI=1S/C28H22N2.2C8H5NO2/c1-29-23-15-7-3-11-19(23)27(20-12-4-8-16-24(20)29)28-21-13-5-9-17-25(21)30(2)26-18-10-6-14-22(26)28;2*9-5-6-1-3-7(4-2-6)8(10)11/h3-18H,1-2H3;2*1-4H,(H,10,11)/q+2;;/p-2. The second kappa shape index (κ2) is 15.0. The van der Waals surface area contributed by atoms with Gasteiger partial charge in [-0.25, -0.2) is 0 Å². The molecule has 8 heteroatoms. The summed E-state index contributed by atoms with van der Waals surface area (Å²) in [6, 6.07) is 49.9. The molecular formula is C44H30N4O4. The monoisotopic (exact) mass is 678 g/mol. The smallest absolute Gasteiger partial charge is 0.213 e. The van der Waals surface area contributed by atoms with Crippen LogP contribution in [0.25, 0.3) is 54.7 Å². The minimum atomic E-state index is -1.23. The Morgan fingerprint density at radius 3 is 0.923 bits per heavy atom. The molecule has 0 N–H and O–H groups in total. The molecule has 2 aromatic heterocycles. The molecule has 52 heavy (non-hydrogen) atoms. The van der Waals surface area contributed by atoms with E-state index in [-0.39, 0.29) is 11.1 Å². The van der Waals surface area contributed by atoms with E-state index in [1.54, 1.807) is 0 Å². The van der Waals surface area contributed by atoms with Crippen LogP contribution in [0.2, 0.25) is 0 Å². The SMILES string of the molecule is C[n+]1c2ccccc2c(-c2c3ccccc3[n+](C)c3ccccc23)c2ccccc21.N#Cc1ccc(C(=O)[O-])cc1.N#Cc1ccc(C(=O)[O-])cc1. The van der Waals surface area contributed by atoms with Gasteiger partial charge in [-0.05, 0) is 59.7 Å². The zero-order valence-electron chi connectivity index (χ0n) is 28.3. The van der Waals surface area contributed by atoms with Gasteiger partial charge in [-0.15, -0.1) is 0 Å². The molecule has 0 aliphatic rings. The molecule has 0 fully saturated rings. The number of aryl methyl sites for hydroxylation is 2. The van der Waals surface area contributed by atoms with Crippen molar-refractivity contribution in [1.29, 1.82) is 10.5 Å². The number of carbonyl (C=O) groups is 2. The van der Waals surface area contributed by atoms with Crippen molar-refractivity contribution in [3.8, 4) is 23.3 Å². The summed E-state index contributed by atoms with van der Waals surface area (Å²) in [5.74, 6) is -2.45. The van der Waals surface area contributed by atoms with E-state index in [2.05, 4.69) is 120 Å². The first-order chi connectivity index (χ1) is 25.2. The Bertz CT molecular complexity index is 2420. The molecule has 0 spiro atoms. The molecule has 0 unspecified atom stereocenters. The third-order valence-corrected chi connectivity index (χ3v) is 8.89. The molecule has 8 aromatic rings. The van der Waals surface area contributed by atoms with Gasteiger partial charge < -0.3 is 19.8 Å². The summed E-state index contributed by atoms with van der Waals surface area (Å²) in [5, 5.41) is 42.2. The number of aromatic nitrogens is 2. The summed E-state index contributed by atoms with van der Waals surface area (Å²) in [7, 11) is 4.32. The Kier molecular flexibility index (Phi) is 9.93. The third kappa shape index (κ3) is 6.73. The van der Waals surface area contributed by atoms with Gasteiger partial charge in [0.1, 0.15) is 14.1 Å². The largest absolute Gasteiger partial charge is 0.545 e. The number of hydrogen-bond donors (Lipinski definition) is 0. The zero-order valence-corrected chi connectivity index (χ0v) is 28.3. The topological polar surface area (TPSA) is 136 Å². The van der Waals surface area contributed by atoms with Crippen LogP contribution in [-0.4, -0.2) is 11.9 Å². The fraction of sp³-hybridized carbons (Fsp3) is 0.0455. The molecule has 8 rings (SSSR count). The fourth-order valence-electron chi connectivity index (χ4n) is 6.36. The van der Waals surface area contributed by atoms with Crippen LogP contribution in [0.15, 0.2) is 146 Å². The van der Waals surface area contributed by atoms with Gasteiger partial charge in [0.25, 0.3) is 0 Å². The van der Waals surface area contributed by atoms with Crippen molar-refractivity contribution in [2.45, 2.75) is 0 Å². The minimum Gasteiger partial charge on any atom is -0.545 e. The van der Waals surface area contributed by atoms with Crippen molar-refractivity contribution >= 4 is 55.6 Å². The van der Waals surface area contributed by atoms with Crippen LogP contribution in [0.5, 0.6) is 0 Å². The highest BCUT2D eigenvalue weighted by molar-refractivity contribution is 6.18. The summed E-state index contributed by atoms with van der Waals surface area (Å²) in [5.41, 5.74) is 8.65. The van der Waals surface area contributed by atoms with Crippen LogP contribution >= 0.6 is 0 Å². The number of rotatable bonds is 3. The molecule has 0 aliphatic carbocycles. The molecule has 6 aromatic carbocycles. The molecule has 8 nitrogen and oxygen atoms in total. The number of aromatic carboxylic acids is 2. The van der Waals surface area contributed by atoms with Crippen molar-refractivity contribution < 1.29 is 28.9 Å². The van der Waals surface area contributed by atoms with Gasteiger partial charge in [0.05, 0.1) is 56.7 Å². The van der Waals surface area contributed by atoms with Crippen LogP contribution in [0.1, 0.15) is 31.8 Å². The van der Waals surface area contributed by atoms with E-state index < -0.39 is 11.9 Å².